The largest absolute Gasteiger partial charge is 0.378 e. The minimum Gasteiger partial charge on any atom is -0.378 e. The van der Waals surface area contributed by atoms with Crippen LogP contribution in [0.4, 0.5) is 10.1 Å². The average molecular weight is 298 g/mol. The highest BCUT2D eigenvalue weighted by Gasteiger charge is 2.05. The molecule has 17 heavy (non-hydrogen) atoms. The van der Waals surface area contributed by atoms with Crippen molar-refractivity contribution < 1.29 is 4.39 Å². The molecule has 0 saturated carbocycles. The summed E-state index contributed by atoms with van der Waals surface area (Å²) in [6.07, 6.45) is 1.92. The number of hydrogen-bond acceptors (Lipinski definition) is 2. The predicted octanol–water partition coefficient (Wildman–Crippen LogP) is 3.24. The van der Waals surface area contributed by atoms with Gasteiger partial charge in [-0.2, -0.15) is 5.10 Å². The van der Waals surface area contributed by atoms with E-state index in [2.05, 4.69) is 26.3 Å². The first kappa shape index (κ1) is 12.1. The Morgan fingerprint density at radius 2 is 2.24 bits per heavy atom. The van der Waals surface area contributed by atoms with Crippen LogP contribution in [0.25, 0.3) is 0 Å². The van der Waals surface area contributed by atoms with Crippen molar-refractivity contribution >= 4 is 21.6 Å². The summed E-state index contributed by atoms with van der Waals surface area (Å²) < 4.78 is 15.4. The topological polar surface area (TPSA) is 29.9 Å². The molecule has 0 saturated heterocycles. The van der Waals surface area contributed by atoms with Crippen molar-refractivity contribution in [1.29, 1.82) is 0 Å². The van der Waals surface area contributed by atoms with Gasteiger partial charge in [0.1, 0.15) is 5.82 Å². The molecule has 1 aromatic carbocycles. The third-order valence-electron chi connectivity index (χ3n) is 2.50. The molecule has 0 atom stereocenters. The smallest absolute Gasteiger partial charge is 0.124 e. The predicted molar refractivity (Wildman–Crippen MR) is 69.4 cm³/mol. The highest BCUT2D eigenvalue weighted by atomic mass is 79.9. The maximum absolute atomic E-state index is 12.9. The molecule has 3 nitrogen and oxygen atoms in total. The highest BCUT2D eigenvalue weighted by Crippen LogP contribution is 2.20. The molecule has 90 valence electrons. The van der Waals surface area contributed by atoms with Gasteiger partial charge >= 0.3 is 0 Å². The van der Waals surface area contributed by atoms with Gasteiger partial charge in [-0.3, -0.25) is 4.68 Å². The second-order valence-corrected chi connectivity index (χ2v) is 4.75. The molecule has 5 heteroatoms. The van der Waals surface area contributed by atoms with E-state index in [-0.39, 0.29) is 5.82 Å². The SMILES string of the molecule is Cc1nn(C)cc1NCc1ccc(F)cc1Br. The van der Waals surface area contributed by atoms with Gasteiger partial charge in [-0.25, -0.2) is 4.39 Å². The zero-order valence-corrected chi connectivity index (χ0v) is 11.3. The first-order chi connectivity index (χ1) is 8.06. The number of aryl methyl sites for hydroxylation is 2. The fraction of sp³-hybridized carbons (Fsp3) is 0.250. The van der Waals surface area contributed by atoms with Crippen molar-refractivity contribution in [1.82, 2.24) is 9.78 Å². The van der Waals surface area contributed by atoms with Gasteiger partial charge in [-0.05, 0) is 24.6 Å². The highest BCUT2D eigenvalue weighted by molar-refractivity contribution is 9.10. The summed E-state index contributed by atoms with van der Waals surface area (Å²) in [5, 5.41) is 7.52. The van der Waals surface area contributed by atoms with E-state index in [1.165, 1.54) is 12.1 Å². The second-order valence-electron chi connectivity index (χ2n) is 3.89. The van der Waals surface area contributed by atoms with Crippen LogP contribution in [0.2, 0.25) is 0 Å². The molecule has 1 aromatic heterocycles. The fourth-order valence-electron chi connectivity index (χ4n) is 1.63. The number of hydrogen-bond donors (Lipinski definition) is 1. The Hall–Kier alpha value is -1.36. The van der Waals surface area contributed by atoms with Crippen molar-refractivity contribution in [3.8, 4) is 0 Å². The van der Waals surface area contributed by atoms with Crippen LogP contribution in [0.15, 0.2) is 28.9 Å². The van der Waals surface area contributed by atoms with Crippen LogP contribution >= 0.6 is 15.9 Å². The second kappa shape index (κ2) is 4.87. The van der Waals surface area contributed by atoms with Crippen LogP contribution in [0.1, 0.15) is 11.3 Å². The molecule has 0 fully saturated rings. The Bertz CT molecular complexity index is 537. The summed E-state index contributed by atoms with van der Waals surface area (Å²) in [5.41, 5.74) is 2.95. The number of benzene rings is 1. The molecule has 0 unspecified atom stereocenters. The van der Waals surface area contributed by atoms with E-state index in [0.717, 1.165) is 21.4 Å². The molecule has 0 spiro atoms. The Labute approximate surface area is 108 Å². The Kier molecular flexibility index (Phi) is 3.47. The van der Waals surface area contributed by atoms with Crippen LogP contribution in [0.5, 0.6) is 0 Å². The van der Waals surface area contributed by atoms with Gasteiger partial charge in [0.25, 0.3) is 0 Å². The van der Waals surface area contributed by atoms with Crippen molar-refractivity contribution in [3.63, 3.8) is 0 Å². The number of nitrogens with one attached hydrogen (secondary N) is 1. The molecular weight excluding hydrogens is 285 g/mol. The zero-order chi connectivity index (χ0) is 12.4. The molecule has 1 N–H and O–H groups in total. The van der Waals surface area contributed by atoms with Crippen molar-refractivity contribution in [2.75, 3.05) is 5.32 Å². The van der Waals surface area contributed by atoms with E-state index in [1.807, 2.05) is 20.2 Å². The number of rotatable bonds is 3. The van der Waals surface area contributed by atoms with Crippen LogP contribution in [0, 0.1) is 12.7 Å². The molecule has 0 aliphatic rings. The van der Waals surface area contributed by atoms with E-state index < -0.39 is 0 Å². The van der Waals surface area contributed by atoms with E-state index in [1.54, 1.807) is 10.7 Å². The molecule has 0 aliphatic carbocycles. The number of aromatic nitrogens is 2. The van der Waals surface area contributed by atoms with E-state index in [0.29, 0.717) is 6.54 Å². The zero-order valence-electron chi connectivity index (χ0n) is 9.67. The average Bonchev–Trinajstić information content (AvgIpc) is 2.56. The Morgan fingerprint density at radius 1 is 1.47 bits per heavy atom. The minimum absolute atomic E-state index is 0.238. The van der Waals surface area contributed by atoms with Gasteiger partial charge < -0.3 is 5.32 Å². The lowest BCUT2D eigenvalue weighted by Crippen LogP contribution is -2.00. The summed E-state index contributed by atoms with van der Waals surface area (Å²) in [5.74, 6) is -0.238. The van der Waals surface area contributed by atoms with Crippen LogP contribution in [-0.2, 0) is 13.6 Å². The van der Waals surface area contributed by atoms with Crippen molar-refractivity contribution in [2.24, 2.45) is 7.05 Å². The standard InChI is InChI=1S/C12H13BrFN3/c1-8-12(7-17(2)16-8)15-6-9-3-4-10(14)5-11(9)13/h3-5,7,15H,6H2,1-2H3. The molecule has 0 aliphatic heterocycles. The molecular formula is C12H13BrFN3. The molecule has 1 heterocycles. The summed E-state index contributed by atoms with van der Waals surface area (Å²) in [4.78, 5) is 0. The number of halogens is 2. The summed E-state index contributed by atoms with van der Waals surface area (Å²) in [7, 11) is 1.88. The lowest BCUT2D eigenvalue weighted by atomic mass is 10.2. The first-order valence-corrected chi connectivity index (χ1v) is 6.03. The molecule has 2 aromatic rings. The summed E-state index contributed by atoms with van der Waals surface area (Å²) in [6.45, 7) is 2.58. The monoisotopic (exact) mass is 297 g/mol. The first-order valence-electron chi connectivity index (χ1n) is 5.24. The molecule has 0 amide bonds. The van der Waals surface area contributed by atoms with Gasteiger partial charge in [-0.1, -0.05) is 22.0 Å². The molecule has 2 rings (SSSR count). The maximum Gasteiger partial charge on any atom is 0.124 e. The van der Waals surface area contributed by atoms with Gasteiger partial charge in [0.05, 0.1) is 11.4 Å². The van der Waals surface area contributed by atoms with Gasteiger partial charge in [-0.15, -0.1) is 0 Å². The van der Waals surface area contributed by atoms with E-state index >= 15 is 0 Å². The normalized spacial score (nSPS) is 10.6. The van der Waals surface area contributed by atoms with Crippen molar-refractivity contribution in [2.45, 2.75) is 13.5 Å². The third-order valence-corrected chi connectivity index (χ3v) is 3.24. The Balaban J connectivity index is 2.10. The fourth-order valence-corrected chi connectivity index (χ4v) is 2.12. The maximum atomic E-state index is 12.9. The van der Waals surface area contributed by atoms with Crippen LogP contribution in [0.3, 0.4) is 0 Å². The van der Waals surface area contributed by atoms with Crippen LogP contribution in [-0.4, -0.2) is 9.78 Å². The lowest BCUT2D eigenvalue weighted by molar-refractivity contribution is 0.626. The summed E-state index contributed by atoms with van der Waals surface area (Å²) >= 11 is 3.34. The lowest BCUT2D eigenvalue weighted by Gasteiger charge is -2.07. The van der Waals surface area contributed by atoms with Gasteiger partial charge in [0.15, 0.2) is 0 Å². The van der Waals surface area contributed by atoms with E-state index in [4.69, 9.17) is 0 Å². The summed E-state index contributed by atoms with van der Waals surface area (Å²) in [6, 6.07) is 4.68. The number of nitrogens with zero attached hydrogens (tertiary/aromatic N) is 2. The van der Waals surface area contributed by atoms with Crippen molar-refractivity contribution in [3.05, 3.63) is 45.9 Å². The Morgan fingerprint density at radius 3 is 2.82 bits per heavy atom. The number of anilines is 1. The molecule has 0 radical (unpaired) electrons. The van der Waals surface area contributed by atoms with E-state index in [9.17, 15) is 4.39 Å². The van der Waals surface area contributed by atoms with Gasteiger partial charge in [0.2, 0.25) is 0 Å². The third kappa shape index (κ3) is 2.85. The van der Waals surface area contributed by atoms with Crippen LogP contribution < -0.4 is 5.32 Å². The molecule has 0 bridgehead atoms. The minimum atomic E-state index is -0.238. The van der Waals surface area contributed by atoms with Gasteiger partial charge in [0, 0.05) is 24.3 Å². The quantitative estimate of drug-likeness (QED) is 0.942.